The number of amides is 1. The number of benzene rings is 1. The van der Waals surface area contributed by atoms with Crippen molar-refractivity contribution in [2.24, 2.45) is 5.73 Å². The fourth-order valence-corrected chi connectivity index (χ4v) is 2.85. The quantitative estimate of drug-likeness (QED) is 0.671. The van der Waals surface area contributed by atoms with Crippen molar-refractivity contribution in [3.05, 3.63) is 42.7 Å². The summed E-state index contributed by atoms with van der Waals surface area (Å²) in [5.41, 5.74) is 7.10. The van der Waals surface area contributed by atoms with Crippen molar-refractivity contribution in [3.8, 4) is 11.1 Å². The molecule has 92 valence electrons. The van der Waals surface area contributed by atoms with E-state index in [1.807, 2.05) is 30.3 Å². The molecule has 0 radical (unpaired) electrons. The molecule has 0 saturated heterocycles. The monoisotopic (exact) mass is 277 g/mol. The minimum atomic E-state index is -0.339. The van der Waals surface area contributed by atoms with Crippen LogP contribution in [-0.4, -0.2) is 21.6 Å². The third kappa shape index (κ3) is 3.75. The Morgan fingerprint density at radius 2 is 1.78 bits per heavy atom. The van der Waals surface area contributed by atoms with Gasteiger partial charge < -0.3 is 5.73 Å². The van der Waals surface area contributed by atoms with E-state index < -0.39 is 0 Å². The first-order valence-electron chi connectivity index (χ1n) is 5.21. The molecule has 0 bridgehead atoms. The molecule has 0 unspecified atom stereocenters. The third-order valence-corrected chi connectivity index (χ3v) is 4.10. The summed E-state index contributed by atoms with van der Waals surface area (Å²) in [5.74, 6) is -0.0810. The molecule has 1 aromatic carbocycles. The van der Waals surface area contributed by atoms with Crippen LogP contribution in [0.15, 0.2) is 47.9 Å². The van der Waals surface area contributed by atoms with Gasteiger partial charge in [0.2, 0.25) is 5.91 Å². The largest absolute Gasteiger partial charge is 0.369 e. The Balaban J connectivity index is 2.00. The number of hydrogen-bond donors (Lipinski definition) is 1. The zero-order valence-corrected chi connectivity index (χ0v) is 11.1. The van der Waals surface area contributed by atoms with Crippen LogP contribution in [0, 0.1) is 0 Å². The van der Waals surface area contributed by atoms with E-state index in [4.69, 9.17) is 5.73 Å². The molecule has 6 heteroatoms. The molecule has 1 aromatic heterocycles. The smallest absolute Gasteiger partial charge is 0.228 e. The van der Waals surface area contributed by atoms with E-state index in [2.05, 4.69) is 9.97 Å². The number of hydrogen-bond acceptors (Lipinski definition) is 5. The van der Waals surface area contributed by atoms with Gasteiger partial charge in [-0.2, -0.15) is 0 Å². The summed E-state index contributed by atoms with van der Waals surface area (Å²) in [7, 11) is 2.68. The third-order valence-electron chi connectivity index (χ3n) is 2.07. The van der Waals surface area contributed by atoms with Gasteiger partial charge in [0.1, 0.15) is 0 Å². The molecule has 0 spiro atoms. The summed E-state index contributed by atoms with van der Waals surface area (Å²) in [4.78, 5) is 19.0. The lowest BCUT2D eigenvalue weighted by atomic mass is 10.1. The molecular formula is C12H11N3OS2. The molecule has 18 heavy (non-hydrogen) atoms. The molecular weight excluding hydrogens is 266 g/mol. The van der Waals surface area contributed by atoms with Crippen molar-refractivity contribution in [2.45, 2.75) is 5.16 Å². The zero-order valence-electron chi connectivity index (χ0n) is 9.45. The highest BCUT2D eigenvalue weighted by atomic mass is 33.1. The van der Waals surface area contributed by atoms with Gasteiger partial charge in [0, 0.05) is 18.0 Å². The Bertz CT molecular complexity index is 517. The van der Waals surface area contributed by atoms with Gasteiger partial charge in [-0.15, -0.1) is 0 Å². The van der Waals surface area contributed by atoms with Crippen LogP contribution in [0.4, 0.5) is 0 Å². The van der Waals surface area contributed by atoms with Crippen LogP contribution < -0.4 is 5.73 Å². The van der Waals surface area contributed by atoms with Gasteiger partial charge >= 0.3 is 0 Å². The van der Waals surface area contributed by atoms with E-state index in [0.29, 0.717) is 5.16 Å². The molecule has 1 amide bonds. The lowest BCUT2D eigenvalue weighted by molar-refractivity contribution is -0.115. The van der Waals surface area contributed by atoms with E-state index in [-0.39, 0.29) is 11.7 Å². The summed E-state index contributed by atoms with van der Waals surface area (Å²) in [6, 6.07) is 9.93. The van der Waals surface area contributed by atoms with Gasteiger partial charge in [0.15, 0.2) is 5.16 Å². The van der Waals surface area contributed by atoms with Crippen molar-refractivity contribution in [1.82, 2.24) is 9.97 Å². The lowest BCUT2D eigenvalue weighted by Crippen LogP contribution is -2.12. The maximum Gasteiger partial charge on any atom is 0.228 e. The van der Waals surface area contributed by atoms with E-state index >= 15 is 0 Å². The van der Waals surface area contributed by atoms with Crippen molar-refractivity contribution in [2.75, 3.05) is 5.75 Å². The predicted molar refractivity (Wildman–Crippen MR) is 75.0 cm³/mol. The number of carbonyl (C=O) groups is 1. The normalized spacial score (nSPS) is 10.2. The highest BCUT2D eigenvalue weighted by Gasteiger charge is 2.02. The average Bonchev–Trinajstić information content (AvgIpc) is 2.40. The summed E-state index contributed by atoms with van der Waals surface area (Å²) < 4.78 is 0. The molecule has 0 fully saturated rings. The van der Waals surface area contributed by atoms with Crippen LogP contribution in [0.1, 0.15) is 0 Å². The number of aromatic nitrogens is 2. The molecule has 2 aromatic rings. The molecule has 0 aliphatic carbocycles. The van der Waals surface area contributed by atoms with Crippen LogP contribution in [0.5, 0.6) is 0 Å². The second kappa shape index (κ2) is 6.42. The van der Waals surface area contributed by atoms with Crippen LogP contribution in [0.25, 0.3) is 11.1 Å². The first-order valence-corrected chi connectivity index (χ1v) is 7.53. The van der Waals surface area contributed by atoms with Gasteiger partial charge in [-0.05, 0) is 16.4 Å². The Labute approximate surface area is 113 Å². The van der Waals surface area contributed by atoms with Gasteiger partial charge in [0.05, 0.1) is 5.75 Å². The van der Waals surface area contributed by atoms with E-state index in [0.717, 1.165) is 11.1 Å². The second-order valence-corrected chi connectivity index (χ2v) is 5.70. The van der Waals surface area contributed by atoms with Gasteiger partial charge in [-0.3, -0.25) is 4.79 Å². The molecule has 0 atom stereocenters. The number of nitrogens with zero attached hydrogens (tertiary/aromatic N) is 2. The van der Waals surface area contributed by atoms with Crippen LogP contribution in [0.2, 0.25) is 0 Å². The highest BCUT2D eigenvalue weighted by molar-refractivity contribution is 8.76. The minimum absolute atomic E-state index is 0.258. The SMILES string of the molecule is NC(=O)CSSc1ncc(-c2ccccc2)cn1. The van der Waals surface area contributed by atoms with Gasteiger partial charge in [-0.1, -0.05) is 41.1 Å². The maximum atomic E-state index is 10.6. The topological polar surface area (TPSA) is 68.9 Å². The molecule has 4 nitrogen and oxygen atoms in total. The Kier molecular flexibility index (Phi) is 4.60. The van der Waals surface area contributed by atoms with Crippen LogP contribution in [-0.2, 0) is 4.79 Å². The number of nitrogens with two attached hydrogens (primary N) is 1. The number of rotatable bonds is 5. The molecule has 1 heterocycles. The molecule has 2 N–H and O–H groups in total. The standard InChI is InChI=1S/C12H11N3OS2/c13-11(16)8-17-18-12-14-6-10(7-15-12)9-4-2-1-3-5-9/h1-7H,8H2,(H2,13,16). The summed E-state index contributed by atoms with van der Waals surface area (Å²) >= 11 is 0. The average molecular weight is 277 g/mol. The van der Waals surface area contributed by atoms with Crippen LogP contribution in [0.3, 0.4) is 0 Å². The van der Waals surface area contributed by atoms with Crippen LogP contribution >= 0.6 is 21.6 Å². The van der Waals surface area contributed by atoms with Gasteiger partial charge in [0.25, 0.3) is 0 Å². The first-order chi connectivity index (χ1) is 8.75. The number of primary amides is 1. The highest BCUT2D eigenvalue weighted by Crippen LogP contribution is 2.28. The van der Waals surface area contributed by atoms with Crippen molar-refractivity contribution >= 4 is 27.5 Å². The predicted octanol–water partition coefficient (Wildman–Crippen LogP) is 2.37. The van der Waals surface area contributed by atoms with E-state index in [1.165, 1.54) is 21.6 Å². The lowest BCUT2D eigenvalue weighted by Gasteiger charge is -2.01. The Morgan fingerprint density at radius 3 is 2.39 bits per heavy atom. The molecule has 2 rings (SSSR count). The summed E-state index contributed by atoms with van der Waals surface area (Å²) in [6.45, 7) is 0. The first kappa shape index (κ1) is 12.9. The van der Waals surface area contributed by atoms with Crippen molar-refractivity contribution < 1.29 is 4.79 Å². The summed E-state index contributed by atoms with van der Waals surface area (Å²) in [6.07, 6.45) is 3.55. The van der Waals surface area contributed by atoms with E-state index in [9.17, 15) is 4.79 Å². The molecule has 0 aliphatic rings. The molecule has 0 saturated carbocycles. The van der Waals surface area contributed by atoms with Crippen molar-refractivity contribution in [3.63, 3.8) is 0 Å². The second-order valence-electron chi connectivity index (χ2n) is 3.43. The van der Waals surface area contributed by atoms with Gasteiger partial charge in [-0.25, -0.2) is 9.97 Å². The fraction of sp³-hybridized carbons (Fsp3) is 0.0833. The Hall–Kier alpha value is -1.53. The minimum Gasteiger partial charge on any atom is -0.369 e. The Morgan fingerprint density at radius 1 is 1.11 bits per heavy atom. The number of carbonyl (C=O) groups excluding carboxylic acids is 1. The fourth-order valence-electron chi connectivity index (χ4n) is 1.28. The zero-order chi connectivity index (χ0) is 12.8. The van der Waals surface area contributed by atoms with Crippen molar-refractivity contribution in [1.29, 1.82) is 0 Å². The van der Waals surface area contributed by atoms with E-state index in [1.54, 1.807) is 12.4 Å². The maximum absolute atomic E-state index is 10.6. The summed E-state index contributed by atoms with van der Waals surface area (Å²) in [5, 5.41) is 0.626. The molecule has 0 aliphatic heterocycles.